The Bertz CT molecular complexity index is 643. The highest BCUT2D eigenvalue weighted by Gasteiger charge is 2.21. The van der Waals surface area contributed by atoms with Crippen LogP contribution in [0, 0.1) is 0 Å². The molecule has 8 heteroatoms. The van der Waals surface area contributed by atoms with Crippen molar-refractivity contribution in [2.45, 2.75) is 18.8 Å². The van der Waals surface area contributed by atoms with Crippen LogP contribution in [0.2, 0.25) is 5.02 Å². The molecule has 1 amide bonds. The Kier molecular flexibility index (Phi) is 4.42. The van der Waals surface area contributed by atoms with Crippen molar-refractivity contribution in [3.05, 3.63) is 34.9 Å². The molecule has 0 atom stereocenters. The van der Waals surface area contributed by atoms with Gasteiger partial charge < -0.3 is 4.74 Å². The number of nitrogens with zero attached hydrogens (tertiary/aromatic N) is 3. The maximum atomic E-state index is 12.1. The highest BCUT2D eigenvalue weighted by atomic mass is 35.5. The lowest BCUT2D eigenvalue weighted by Crippen LogP contribution is -2.16. The average molecular weight is 325 g/mol. The van der Waals surface area contributed by atoms with Crippen molar-refractivity contribution in [2.24, 2.45) is 0 Å². The SMILES string of the molecule is O=C(Nc1nc(C2CCOCC2)ns1)c1ncccc1Cl. The van der Waals surface area contributed by atoms with Crippen molar-refractivity contribution in [3.8, 4) is 0 Å². The van der Waals surface area contributed by atoms with Gasteiger partial charge in [-0.2, -0.15) is 4.37 Å². The zero-order valence-electron chi connectivity index (χ0n) is 11.1. The summed E-state index contributed by atoms with van der Waals surface area (Å²) in [5, 5.41) is 3.46. The zero-order chi connectivity index (χ0) is 14.7. The summed E-state index contributed by atoms with van der Waals surface area (Å²) in [5.74, 6) is 0.695. The number of carbonyl (C=O) groups excluding carboxylic acids is 1. The van der Waals surface area contributed by atoms with E-state index in [4.69, 9.17) is 16.3 Å². The number of amides is 1. The molecule has 0 bridgehead atoms. The topological polar surface area (TPSA) is 77.0 Å². The van der Waals surface area contributed by atoms with Gasteiger partial charge in [-0.25, -0.2) is 9.97 Å². The van der Waals surface area contributed by atoms with E-state index in [0.717, 1.165) is 31.9 Å². The zero-order valence-corrected chi connectivity index (χ0v) is 12.7. The summed E-state index contributed by atoms with van der Waals surface area (Å²) in [6.07, 6.45) is 3.35. The number of halogens is 1. The van der Waals surface area contributed by atoms with E-state index in [-0.39, 0.29) is 11.6 Å². The van der Waals surface area contributed by atoms with Crippen LogP contribution in [0.4, 0.5) is 5.13 Å². The molecule has 0 unspecified atom stereocenters. The van der Waals surface area contributed by atoms with Crippen LogP contribution in [0.15, 0.2) is 18.3 Å². The first kappa shape index (κ1) is 14.4. The second-order valence-electron chi connectivity index (χ2n) is 4.63. The van der Waals surface area contributed by atoms with Crippen molar-refractivity contribution in [1.82, 2.24) is 14.3 Å². The molecule has 3 rings (SSSR count). The summed E-state index contributed by atoms with van der Waals surface area (Å²) < 4.78 is 9.63. The number of pyridine rings is 1. The van der Waals surface area contributed by atoms with Gasteiger partial charge in [-0.05, 0) is 25.0 Å². The van der Waals surface area contributed by atoms with Crippen LogP contribution in [-0.2, 0) is 4.74 Å². The van der Waals surface area contributed by atoms with Crippen LogP contribution >= 0.6 is 23.1 Å². The predicted molar refractivity (Wildman–Crippen MR) is 79.9 cm³/mol. The fraction of sp³-hybridized carbons (Fsp3) is 0.385. The molecule has 21 heavy (non-hydrogen) atoms. The van der Waals surface area contributed by atoms with Gasteiger partial charge in [-0.3, -0.25) is 10.1 Å². The van der Waals surface area contributed by atoms with Gasteiger partial charge in [0.15, 0.2) is 0 Å². The highest BCUT2D eigenvalue weighted by molar-refractivity contribution is 7.09. The second-order valence-corrected chi connectivity index (χ2v) is 5.79. The smallest absolute Gasteiger partial charge is 0.277 e. The summed E-state index contributed by atoms with van der Waals surface area (Å²) in [4.78, 5) is 20.4. The molecule has 0 aromatic carbocycles. The minimum absolute atomic E-state index is 0.182. The van der Waals surface area contributed by atoms with Crippen molar-refractivity contribution < 1.29 is 9.53 Å². The molecule has 1 aliphatic heterocycles. The van der Waals surface area contributed by atoms with Gasteiger partial charge in [-0.15, -0.1) is 0 Å². The monoisotopic (exact) mass is 324 g/mol. The second kappa shape index (κ2) is 6.46. The standard InChI is InChI=1S/C13H13ClN4O2S/c14-9-2-1-5-15-10(9)12(19)17-13-16-11(18-21-13)8-3-6-20-7-4-8/h1-2,5,8H,3-4,6-7H2,(H,16,17,18,19). The largest absolute Gasteiger partial charge is 0.381 e. The number of aromatic nitrogens is 3. The number of hydrogen-bond donors (Lipinski definition) is 1. The molecule has 2 aromatic heterocycles. The lowest BCUT2D eigenvalue weighted by Gasteiger charge is -2.18. The van der Waals surface area contributed by atoms with E-state index in [1.165, 1.54) is 17.7 Å². The summed E-state index contributed by atoms with van der Waals surface area (Å²) in [7, 11) is 0. The van der Waals surface area contributed by atoms with E-state index in [2.05, 4.69) is 19.7 Å². The van der Waals surface area contributed by atoms with Gasteiger partial charge in [-0.1, -0.05) is 11.6 Å². The van der Waals surface area contributed by atoms with Gasteiger partial charge in [0, 0.05) is 36.9 Å². The fourth-order valence-electron chi connectivity index (χ4n) is 2.12. The number of hydrogen-bond acceptors (Lipinski definition) is 6. The van der Waals surface area contributed by atoms with E-state index in [9.17, 15) is 4.79 Å². The van der Waals surface area contributed by atoms with Crippen LogP contribution in [0.5, 0.6) is 0 Å². The Labute approximate surface area is 130 Å². The molecular formula is C13H13ClN4O2S. The molecule has 0 spiro atoms. The average Bonchev–Trinajstić information content (AvgIpc) is 2.97. The van der Waals surface area contributed by atoms with E-state index in [1.807, 2.05) is 0 Å². The molecule has 0 radical (unpaired) electrons. The van der Waals surface area contributed by atoms with Gasteiger partial charge in [0.1, 0.15) is 11.5 Å². The summed E-state index contributed by atoms with van der Waals surface area (Å²) >= 11 is 7.11. The summed E-state index contributed by atoms with van der Waals surface area (Å²) in [6, 6.07) is 3.30. The third-order valence-electron chi connectivity index (χ3n) is 3.22. The first-order chi connectivity index (χ1) is 10.2. The lowest BCUT2D eigenvalue weighted by atomic mass is 10.00. The van der Waals surface area contributed by atoms with E-state index in [0.29, 0.717) is 16.1 Å². The minimum Gasteiger partial charge on any atom is -0.381 e. The molecule has 0 saturated carbocycles. The van der Waals surface area contributed by atoms with E-state index < -0.39 is 0 Å². The van der Waals surface area contributed by atoms with Crippen molar-refractivity contribution in [2.75, 3.05) is 18.5 Å². The number of carbonyl (C=O) groups is 1. The Hall–Kier alpha value is -1.57. The predicted octanol–water partition coefficient (Wildman–Crippen LogP) is 2.73. The Morgan fingerprint density at radius 1 is 1.43 bits per heavy atom. The molecule has 1 fully saturated rings. The first-order valence-electron chi connectivity index (χ1n) is 6.57. The maximum absolute atomic E-state index is 12.1. The lowest BCUT2D eigenvalue weighted by molar-refractivity contribution is 0.0838. The normalized spacial score (nSPS) is 15.9. The van der Waals surface area contributed by atoms with Crippen LogP contribution in [0.1, 0.15) is 35.1 Å². The van der Waals surface area contributed by atoms with Crippen LogP contribution in [-0.4, -0.2) is 33.5 Å². The third kappa shape index (κ3) is 3.37. The number of rotatable bonds is 3. The van der Waals surface area contributed by atoms with Crippen LogP contribution in [0.25, 0.3) is 0 Å². The van der Waals surface area contributed by atoms with Gasteiger partial charge >= 0.3 is 0 Å². The van der Waals surface area contributed by atoms with Gasteiger partial charge in [0.05, 0.1) is 5.02 Å². The maximum Gasteiger partial charge on any atom is 0.277 e. The molecule has 2 aromatic rings. The summed E-state index contributed by atoms with van der Waals surface area (Å²) in [6.45, 7) is 1.46. The molecule has 1 saturated heterocycles. The quantitative estimate of drug-likeness (QED) is 0.939. The number of anilines is 1. The van der Waals surface area contributed by atoms with Crippen molar-refractivity contribution in [1.29, 1.82) is 0 Å². The molecule has 3 heterocycles. The van der Waals surface area contributed by atoms with Crippen LogP contribution < -0.4 is 5.32 Å². The molecule has 0 aliphatic carbocycles. The Morgan fingerprint density at radius 3 is 3.00 bits per heavy atom. The Morgan fingerprint density at radius 2 is 2.24 bits per heavy atom. The van der Waals surface area contributed by atoms with Gasteiger partial charge in [0.25, 0.3) is 5.91 Å². The highest BCUT2D eigenvalue weighted by Crippen LogP contribution is 2.27. The Balaban J connectivity index is 1.69. The molecule has 1 N–H and O–H groups in total. The summed E-state index contributed by atoms with van der Waals surface area (Å²) in [5.41, 5.74) is 0.182. The van der Waals surface area contributed by atoms with Gasteiger partial charge in [0.2, 0.25) is 5.13 Å². The third-order valence-corrected chi connectivity index (χ3v) is 4.17. The van der Waals surface area contributed by atoms with E-state index >= 15 is 0 Å². The first-order valence-corrected chi connectivity index (χ1v) is 7.72. The fourth-order valence-corrected chi connectivity index (χ4v) is 2.97. The molecule has 110 valence electrons. The molecular weight excluding hydrogens is 312 g/mol. The van der Waals surface area contributed by atoms with Crippen molar-refractivity contribution in [3.63, 3.8) is 0 Å². The number of ether oxygens (including phenoxy) is 1. The minimum atomic E-state index is -0.379. The molecule has 1 aliphatic rings. The van der Waals surface area contributed by atoms with Crippen LogP contribution in [0.3, 0.4) is 0 Å². The van der Waals surface area contributed by atoms with Crippen molar-refractivity contribution >= 4 is 34.2 Å². The number of nitrogens with one attached hydrogen (secondary N) is 1. The van der Waals surface area contributed by atoms with E-state index in [1.54, 1.807) is 12.1 Å². The molecule has 6 nitrogen and oxygen atoms in total.